The van der Waals surface area contributed by atoms with Crippen LogP contribution < -0.4 is 4.74 Å². The first-order valence-electron chi connectivity index (χ1n) is 9.05. The molecule has 4 rings (SSSR count). The molecule has 0 aromatic heterocycles. The minimum absolute atomic E-state index is 0.0885. The van der Waals surface area contributed by atoms with Crippen molar-refractivity contribution in [3.8, 4) is 16.9 Å². The van der Waals surface area contributed by atoms with Crippen LogP contribution in [0.25, 0.3) is 11.1 Å². The van der Waals surface area contributed by atoms with Gasteiger partial charge in [-0.15, -0.1) is 0 Å². The molecule has 1 aliphatic rings. The number of hydrogen-bond donors (Lipinski definition) is 0. The Morgan fingerprint density at radius 1 is 0.967 bits per heavy atom. The van der Waals surface area contributed by atoms with Crippen molar-refractivity contribution in [3.05, 3.63) is 80.3 Å². The predicted molar refractivity (Wildman–Crippen MR) is 119 cm³/mol. The van der Waals surface area contributed by atoms with Gasteiger partial charge in [0, 0.05) is 38.7 Å². The number of benzene rings is 3. The maximum Gasteiger partial charge on any atom is 0.297 e. The van der Waals surface area contributed by atoms with Crippen molar-refractivity contribution >= 4 is 44.9 Å². The van der Waals surface area contributed by atoms with Gasteiger partial charge in [0.1, 0.15) is 16.7 Å². The molecule has 0 saturated heterocycles. The maximum absolute atomic E-state index is 12.5. The minimum atomic E-state index is -3.89. The second-order valence-corrected chi connectivity index (χ2v) is 10.00. The van der Waals surface area contributed by atoms with Crippen molar-refractivity contribution in [2.75, 3.05) is 7.11 Å². The number of fused-ring (bicyclic) bond motifs is 1. The van der Waals surface area contributed by atoms with Crippen molar-refractivity contribution in [2.24, 2.45) is 0 Å². The molecule has 3 aromatic rings. The molecule has 8 heteroatoms. The molecule has 0 fully saturated rings. The first-order valence-corrected chi connectivity index (χ1v) is 11.6. The molecule has 0 saturated carbocycles. The SMILES string of the molecule is COS(=O)(=O)c1ccc(C)cc1C1Cc2cc(Cl)cc(-c3ccc(Cl)cc3Cl)c2O1. The average Bonchev–Trinajstić information content (AvgIpc) is 3.11. The van der Waals surface area contributed by atoms with Gasteiger partial charge in [-0.05, 0) is 37.3 Å². The van der Waals surface area contributed by atoms with Crippen molar-refractivity contribution in [3.63, 3.8) is 0 Å². The smallest absolute Gasteiger partial charge is 0.297 e. The summed E-state index contributed by atoms with van der Waals surface area (Å²) in [7, 11) is -2.75. The van der Waals surface area contributed by atoms with Crippen LogP contribution in [0.5, 0.6) is 5.75 Å². The van der Waals surface area contributed by atoms with Crippen molar-refractivity contribution in [1.82, 2.24) is 0 Å². The van der Waals surface area contributed by atoms with Gasteiger partial charge in [0.05, 0.1) is 12.1 Å². The normalized spacial score (nSPS) is 15.7. The summed E-state index contributed by atoms with van der Waals surface area (Å²) in [6, 6.07) is 13.9. The van der Waals surface area contributed by atoms with Crippen LogP contribution in [-0.2, 0) is 20.7 Å². The van der Waals surface area contributed by atoms with Crippen LogP contribution in [0.15, 0.2) is 53.4 Å². The van der Waals surface area contributed by atoms with Gasteiger partial charge in [-0.2, -0.15) is 8.42 Å². The molecule has 0 aliphatic carbocycles. The molecule has 0 amide bonds. The fraction of sp³-hybridized carbons (Fsp3) is 0.182. The first-order chi connectivity index (χ1) is 14.2. The fourth-order valence-corrected chi connectivity index (χ4v) is 5.29. The van der Waals surface area contributed by atoms with Crippen LogP contribution in [-0.4, -0.2) is 15.5 Å². The standard InChI is InChI=1S/C22H17Cl3O4S/c1-12-3-6-21(30(26,27)28-2)18(7-12)20-9-13-8-15(24)10-17(22(13)29-20)16-5-4-14(23)11-19(16)25/h3-8,10-11,20H,9H2,1-2H3. The van der Waals surface area contributed by atoms with Crippen LogP contribution in [0.3, 0.4) is 0 Å². The summed E-state index contributed by atoms with van der Waals surface area (Å²) in [6.45, 7) is 1.89. The first kappa shape index (κ1) is 21.5. The maximum atomic E-state index is 12.5. The molecule has 3 aromatic carbocycles. The van der Waals surface area contributed by atoms with Crippen LogP contribution in [0, 0.1) is 6.92 Å². The van der Waals surface area contributed by atoms with E-state index in [0.717, 1.165) is 29.4 Å². The largest absolute Gasteiger partial charge is 0.484 e. The van der Waals surface area contributed by atoms with Crippen LogP contribution in [0.2, 0.25) is 15.1 Å². The van der Waals surface area contributed by atoms with E-state index in [0.29, 0.717) is 32.8 Å². The molecule has 0 spiro atoms. The molecule has 1 atom stereocenters. The van der Waals surface area contributed by atoms with Crippen LogP contribution >= 0.6 is 34.8 Å². The molecular formula is C22H17Cl3O4S. The quantitative estimate of drug-likeness (QED) is 0.391. The van der Waals surface area contributed by atoms with Gasteiger partial charge >= 0.3 is 0 Å². The van der Waals surface area contributed by atoms with Crippen molar-refractivity contribution in [1.29, 1.82) is 0 Å². The van der Waals surface area contributed by atoms with E-state index in [1.807, 2.05) is 13.0 Å². The molecule has 0 N–H and O–H groups in total. The highest BCUT2D eigenvalue weighted by Crippen LogP contribution is 2.47. The van der Waals surface area contributed by atoms with Crippen LogP contribution in [0.1, 0.15) is 22.8 Å². The van der Waals surface area contributed by atoms with E-state index in [-0.39, 0.29) is 4.90 Å². The molecule has 1 aliphatic heterocycles. The topological polar surface area (TPSA) is 52.6 Å². The number of aryl methyl sites for hydroxylation is 1. The second-order valence-electron chi connectivity index (χ2n) is 7.04. The highest BCUT2D eigenvalue weighted by Gasteiger charge is 2.32. The number of rotatable bonds is 4. The third kappa shape index (κ3) is 3.93. The second kappa shape index (κ2) is 8.06. The summed E-state index contributed by atoms with van der Waals surface area (Å²) in [6.07, 6.45) is -0.0489. The molecule has 156 valence electrons. The molecule has 0 bridgehead atoms. The molecule has 1 unspecified atom stereocenters. The van der Waals surface area contributed by atoms with Crippen LogP contribution in [0.4, 0.5) is 0 Å². The predicted octanol–water partition coefficient (Wildman–Crippen LogP) is 6.63. The Labute approximate surface area is 190 Å². The Kier molecular flexibility index (Phi) is 5.77. The van der Waals surface area contributed by atoms with Crippen molar-refractivity contribution < 1.29 is 17.3 Å². The lowest BCUT2D eigenvalue weighted by molar-refractivity contribution is 0.235. The Bertz CT molecular complexity index is 1260. The summed E-state index contributed by atoms with van der Waals surface area (Å²) < 4.78 is 35.9. The van der Waals surface area contributed by atoms with Gasteiger partial charge in [-0.3, -0.25) is 4.18 Å². The average molecular weight is 484 g/mol. The van der Waals surface area contributed by atoms with E-state index < -0.39 is 16.2 Å². The van der Waals surface area contributed by atoms with E-state index in [2.05, 4.69) is 0 Å². The summed E-state index contributed by atoms with van der Waals surface area (Å²) >= 11 is 18.8. The molecule has 0 radical (unpaired) electrons. The summed E-state index contributed by atoms with van der Waals surface area (Å²) in [4.78, 5) is 0.0885. The zero-order valence-electron chi connectivity index (χ0n) is 16.1. The Morgan fingerprint density at radius 2 is 1.73 bits per heavy atom. The molecule has 4 nitrogen and oxygen atoms in total. The monoisotopic (exact) mass is 482 g/mol. The molecule has 30 heavy (non-hydrogen) atoms. The molecular weight excluding hydrogens is 467 g/mol. The van der Waals surface area contributed by atoms with E-state index in [1.54, 1.807) is 42.5 Å². The van der Waals surface area contributed by atoms with Gasteiger partial charge < -0.3 is 4.74 Å². The highest BCUT2D eigenvalue weighted by molar-refractivity contribution is 7.86. The highest BCUT2D eigenvalue weighted by atomic mass is 35.5. The lowest BCUT2D eigenvalue weighted by Gasteiger charge is -2.17. The summed E-state index contributed by atoms with van der Waals surface area (Å²) in [5.41, 5.74) is 3.78. The zero-order valence-corrected chi connectivity index (χ0v) is 19.2. The number of ether oxygens (including phenoxy) is 1. The van der Waals surface area contributed by atoms with E-state index in [9.17, 15) is 8.42 Å². The number of halogens is 3. The third-order valence-electron chi connectivity index (χ3n) is 5.02. The fourth-order valence-electron chi connectivity index (χ4n) is 3.64. The lowest BCUT2D eigenvalue weighted by atomic mass is 9.98. The van der Waals surface area contributed by atoms with Gasteiger partial charge in [-0.25, -0.2) is 0 Å². The zero-order chi connectivity index (χ0) is 21.6. The van der Waals surface area contributed by atoms with E-state index in [1.165, 1.54) is 0 Å². The Balaban J connectivity index is 1.83. The van der Waals surface area contributed by atoms with Gasteiger partial charge in [0.25, 0.3) is 10.1 Å². The number of hydrogen-bond acceptors (Lipinski definition) is 4. The third-order valence-corrected chi connectivity index (χ3v) is 7.13. The minimum Gasteiger partial charge on any atom is -0.484 e. The summed E-state index contributed by atoms with van der Waals surface area (Å²) in [5.74, 6) is 0.621. The Morgan fingerprint density at radius 3 is 2.43 bits per heavy atom. The van der Waals surface area contributed by atoms with Gasteiger partial charge in [0.15, 0.2) is 0 Å². The van der Waals surface area contributed by atoms with Crippen molar-refractivity contribution in [2.45, 2.75) is 24.3 Å². The van der Waals surface area contributed by atoms with E-state index >= 15 is 0 Å². The lowest BCUT2D eigenvalue weighted by Crippen LogP contribution is -2.12. The van der Waals surface area contributed by atoms with Gasteiger partial charge in [-0.1, -0.05) is 58.6 Å². The van der Waals surface area contributed by atoms with Gasteiger partial charge in [0.2, 0.25) is 0 Å². The summed E-state index contributed by atoms with van der Waals surface area (Å²) in [5, 5.41) is 1.53. The van der Waals surface area contributed by atoms with E-state index in [4.69, 9.17) is 43.7 Å². The molecule has 1 heterocycles. The Hall–Kier alpha value is -1.76.